The summed E-state index contributed by atoms with van der Waals surface area (Å²) in [6.45, 7) is 13.2. The number of rotatable bonds is 69. The number of amides is 2. The average molecular weight is 1670 g/mol. The van der Waals surface area contributed by atoms with Crippen LogP contribution in [0, 0.1) is 41.7 Å². The van der Waals surface area contributed by atoms with Gasteiger partial charge >= 0.3 is 0 Å². The molecule has 0 aromatic carbocycles. The van der Waals surface area contributed by atoms with Gasteiger partial charge in [-0.2, -0.15) is 0 Å². The third-order valence-electron chi connectivity index (χ3n) is 22.4. The van der Waals surface area contributed by atoms with E-state index in [9.17, 15) is 94.1 Å². The highest BCUT2D eigenvalue weighted by Gasteiger charge is 2.45. The van der Waals surface area contributed by atoms with E-state index in [1.54, 1.807) is 20.8 Å². The number of aliphatic hydroxyl groups is 10. The molecular weight excluding hydrogens is 1520 g/mol. The van der Waals surface area contributed by atoms with Crippen LogP contribution in [0.4, 0.5) is 0 Å². The summed E-state index contributed by atoms with van der Waals surface area (Å²) in [6.07, 6.45) is 6.94. The van der Waals surface area contributed by atoms with Gasteiger partial charge in [0.2, 0.25) is 11.8 Å². The first-order valence-electron chi connectivity index (χ1n) is 42.8. The van der Waals surface area contributed by atoms with Crippen molar-refractivity contribution in [1.29, 1.82) is 0 Å². The van der Waals surface area contributed by atoms with Crippen molar-refractivity contribution in [2.24, 2.45) is 35.0 Å². The van der Waals surface area contributed by atoms with Crippen LogP contribution in [0.15, 0.2) is 12.2 Å². The molecule has 1 saturated carbocycles. The number of hydrogen-bond acceptors (Lipinski definition) is 28. The van der Waals surface area contributed by atoms with Crippen LogP contribution in [0.5, 0.6) is 0 Å². The monoisotopic (exact) mass is 1670 g/mol. The number of ether oxygens (including phenoxy) is 9. The molecule has 13 N–H and O–H groups in total. The fraction of sp³-hybridized carbons (Fsp3) is 0.880. The molecule has 4 aliphatic rings. The predicted octanol–water partition coefficient (Wildman–Crippen LogP) is 6.58. The molecule has 115 heavy (non-hydrogen) atoms. The Labute approximate surface area is 682 Å². The van der Waals surface area contributed by atoms with E-state index in [1.807, 2.05) is 0 Å². The second-order valence-corrected chi connectivity index (χ2v) is 34.1. The molecule has 668 valence electrons. The number of carbonyl (C=O) groups is 7. The second kappa shape index (κ2) is 59.2. The van der Waals surface area contributed by atoms with Gasteiger partial charge in [0, 0.05) is 133 Å². The summed E-state index contributed by atoms with van der Waals surface area (Å²) in [5.41, 5.74) is 0.0731. The molecule has 32 heteroatoms. The number of Topliss-reactive ketones (excluding diaryl/α,β-unsaturated/α-hetero) is 5. The smallest absolute Gasteiger partial charge is 0.222 e. The van der Waals surface area contributed by atoms with Gasteiger partial charge in [-0.05, 0) is 115 Å². The zero-order chi connectivity index (χ0) is 84.6. The van der Waals surface area contributed by atoms with Crippen LogP contribution in [0.1, 0.15) is 252 Å². The van der Waals surface area contributed by atoms with Crippen molar-refractivity contribution >= 4 is 48.3 Å². The Morgan fingerprint density at radius 1 is 0.426 bits per heavy atom. The summed E-state index contributed by atoms with van der Waals surface area (Å²) in [5.74, 6) is -2.43. The quantitative estimate of drug-likeness (QED) is 0.0132. The Kier molecular flexibility index (Phi) is 53.4. The van der Waals surface area contributed by atoms with Crippen LogP contribution in [-0.2, 0) is 85.3 Å². The zero-order valence-corrected chi connectivity index (χ0v) is 70.0. The Hall–Kier alpha value is -3.58. The molecule has 0 spiro atoms. The van der Waals surface area contributed by atoms with Crippen molar-refractivity contribution in [3.63, 3.8) is 0 Å². The standard InChI is InChI=1S/C83H146N2O29P/c1-57(27-14-10-8-6-7-9-11-19-34-68(94)67-48-66(93)47-61(67)53-111-115(5,103)104)49-83(54-105-44-36-64(91)30-17-12-15-28-62(89)32-20-23-41-108-80-58(2)74(97)77(100)69(50-86)112-80,55-106-45-37-65(92)31-18-13-16-29-63(90)33-21-24-42-109-81-59(3)75(98)78(101)70(51-87)113-81)56-107-46-38-73(96)85-40-26-39-84-72(95)35-22-25-43-110-82-60(4)76(99)79(102)71(52-88)114-82/h58-61,66-67,69-71,74-82,86-88,93,97-102H,1,5-56H2,2-4H3,(H,84,95)(H,85,96)(H,103,104)/q-1/t58?,59?,60?,61-,66+,67?,69?,70?,71?,74?,75?,76?,77?,78?,79?,80?,81?,82?,83?/m0/s1. The lowest BCUT2D eigenvalue weighted by Gasteiger charge is -2.40. The fourth-order valence-corrected chi connectivity index (χ4v) is 15.5. The van der Waals surface area contributed by atoms with Crippen molar-refractivity contribution in [2.45, 2.75) is 332 Å². The molecule has 0 radical (unpaired) electrons. The fourth-order valence-electron chi connectivity index (χ4n) is 15.0. The van der Waals surface area contributed by atoms with Gasteiger partial charge in [0.15, 0.2) is 26.5 Å². The first kappa shape index (κ1) is 104. The van der Waals surface area contributed by atoms with Crippen molar-refractivity contribution in [2.75, 3.05) is 99.0 Å². The SMILES string of the molecule is C=C(CCCCCCCCCCC(=O)C1C[C@H](O)C[C@H]1COP([CH2-])(=O)O)CC(COCCC(=O)CCCCCC(=O)CCCCOC1OC(CO)C(O)C(O)C1C)(COCCC(=O)CCCCCC(=O)CCCCOC1OC(CO)C(O)C(O)C1C)COCCC(=O)NCCCNC(=O)CCCCOC1OC(CO)C(O)C(O)C1C. The molecule has 0 aromatic heterocycles. The lowest BCUT2D eigenvalue weighted by atomic mass is 9.82. The Bertz CT molecular complexity index is 2570. The molecule has 17 unspecified atom stereocenters. The van der Waals surface area contributed by atoms with E-state index in [0.29, 0.717) is 174 Å². The molecule has 3 saturated heterocycles. The molecule has 2 amide bonds. The van der Waals surface area contributed by atoms with Crippen molar-refractivity contribution in [3.8, 4) is 0 Å². The van der Waals surface area contributed by atoms with Crippen molar-refractivity contribution < 1.29 is 141 Å². The highest BCUT2D eigenvalue weighted by Crippen LogP contribution is 2.43. The summed E-state index contributed by atoms with van der Waals surface area (Å²) < 4.78 is 69.8. The second-order valence-electron chi connectivity index (χ2n) is 32.6. The van der Waals surface area contributed by atoms with Gasteiger partial charge < -0.3 is 114 Å². The predicted molar refractivity (Wildman–Crippen MR) is 424 cm³/mol. The van der Waals surface area contributed by atoms with Crippen LogP contribution < -0.4 is 10.6 Å². The van der Waals surface area contributed by atoms with E-state index in [-0.39, 0.29) is 138 Å². The molecular formula is C83H146N2O29P-. The Balaban J connectivity index is 1.28. The van der Waals surface area contributed by atoms with E-state index in [2.05, 4.69) is 23.9 Å². The highest BCUT2D eigenvalue weighted by molar-refractivity contribution is 7.54. The first-order valence-corrected chi connectivity index (χ1v) is 44.5. The summed E-state index contributed by atoms with van der Waals surface area (Å²) in [4.78, 5) is 100. The molecule has 19 atom stereocenters. The molecule has 0 bridgehead atoms. The lowest BCUT2D eigenvalue weighted by molar-refractivity contribution is -0.282. The molecule has 4 fully saturated rings. The first-order chi connectivity index (χ1) is 55.0. The molecule has 1 aliphatic carbocycles. The van der Waals surface area contributed by atoms with Gasteiger partial charge in [-0.15, -0.1) is 0 Å². The van der Waals surface area contributed by atoms with Gasteiger partial charge in [-0.25, -0.2) is 6.66 Å². The third-order valence-corrected chi connectivity index (χ3v) is 22.9. The number of ketones is 5. The number of unbranched alkanes of at least 4 members (excludes halogenated alkanes) is 14. The average Bonchev–Trinajstić information content (AvgIpc) is 1.67. The van der Waals surface area contributed by atoms with Crippen molar-refractivity contribution in [3.05, 3.63) is 18.8 Å². The molecule has 31 nitrogen and oxygen atoms in total. The lowest BCUT2D eigenvalue weighted by Crippen LogP contribution is -2.55. The minimum Gasteiger partial charge on any atom is -0.394 e. The molecule has 4 rings (SSSR count). The van der Waals surface area contributed by atoms with Gasteiger partial charge in [-0.1, -0.05) is 84.3 Å². The van der Waals surface area contributed by atoms with E-state index in [4.69, 9.17) is 47.2 Å². The maximum Gasteiger partial charge on any atom is 0.222 e. The third kappa shape index (κ3) is 42.7. The van der Waals surface area contributed by atoms with Gasteiger partial charge in [0.1, 0.15) is 65.5 Å². The normalized spacial score (nSPS) is 27.4. The zero-order valence-electron chi connectivity index (χ0n) is 69.1. The maximum atomic E-state index is 13.3. The van der Waals surface area contributed by atoms with E-state index in [1.165, 1.54) is 0 Å². The van der Waals surface area contributed by atoms with Crippen LogP contribution in [-0.4, -0.2) is 276 Å². The van der Waals surface area contributed by atoms with Gasteiger partial charge in [-0.3, -0.25) is 38.1 Å². The molecule has 3 heterocycles. The van der Waals surface area contributed by atoms with E-state index < -0.39 is 136 Å². The number of carbonyl (C=O) groups excluding carboxylic acids is 7. The van der Waals surface area contributed by atoms with Gasteiger partial charge in [0.25, 0.3) is 0 Å². The minimum atomic E-state index is -3.96. The largest absolute Gasteiger partial charge is 0.394 e. The van der Waals surface area contributed by atoms with Crippen LogP contribution in [0.3, 0.4) is 0 Å². The number of nitrogens with one attached hydrogen (secondary N) is 2. The summed E-state index contributed by atoms with van der Waals surface area (Å²) in [6, 6.07) is 0. The van der Waals surface area contributed by atoms with Crippen molar-refractivity contribution in [1.82, 2.24) is 10.6 Å². The minimum absolute atomic E-state index is 0.00717. The van der Waals surface area contributed by atoms with Crippen LogP contribution >= 0.6 is 7.60 Å². The Morgan fingerprint density at radius 2 is 0.757 bits per heavy atom. The number of aliphatic hydroxyl groups excluding tert-OH is 10. The number of allylic oxidation sites excluding steroid dienone is 1. The number of hydrogen-bond donors (Lipinski definition) is 13. The van der Waals surface area contributed by atoms with Gasteiger partial charge in [0.05, 0.1) is 90.5 Å². The van der Waals surface area contributed by atoms with E-state index >= 15 is 0 Å². The summed E-state index contributed by atoms with van der Waals surface area (Å²) in [7, 11) is -3.96. The Morgan fingerprint density at radius 3 is 1.15 bits per heavy atom. The maximum absolute atomic E-state index is 13.3. The topological polar surface area (TPSA) is 475 Å². The van der Waals surface area contributed by atoms with Crippen LogP contribution in [0.2, 0.25) is 0 Å². The highest BCUT2D eigenvalue weighted by atomic mass is 31.2. The van der Waals surface area contributed by atoms with E-state index in [0.717, 1.165) is 50.5 Å². The summed E-state index contributed by atoms with van der Waals surface area (Å²) >= 11 is 0. The molecule has 3 aliphatic heterocycles. The molecule has 0 aromatic rings. The summed E-state index contributed by atoms with van der Waals surface area (Å²) in [5, 5.41) is 106. The van der Waals surface area contributed by atoms with Crippen LogP contribution in [0.25, 0.3) is 0 Å².